The Morgan fingerprint density at radius 2 is 1.69 bits per heavy atom. The van der Waals surface area contributed by atoms with E-state index in [1.807, 2.05) is 0 Å². The van der Waals surface area contributed by atoms with Crippen LogP contribution in [0.5, 0.6) is 0 Å². The zero-order chi connectivity index (χ0) is 23.0. The van der Waals surface area contributed by atoms with E-state index in [0.717, 1.165) is 30.4 Å². The van der Waals surface area contributed by atoms with Crippen molar-refractivity contribution >= 4 is 27.3 Å². The van der Waals surface area contributed by atoms with Gasteiger partial charge in [-0.1, -0.05) is 24.6 Å². The number of piperidine rings is 1. The van der Waals surface area contributed by atoms with Crippen molar-refractivity contribution in [3.8, 4) is 0 Å². The van der Waals surface area contributed by atoms with Gasteiger partial charge in [0.25, 0.3) is 15.7 Å². The first-order valence-electron chi connectivity index (χ1n) is 10.7. The van der Waals surface area contributed by atoms with Crippen LogP contribution in [0.25, 0.3) is 0 Å². The third kappa shape index (κ3) is 6.27. The van der Waals surface area contributed by atoms with Gasteiger partial charge in [0.1, 0.15) is 6.54 Å². The van der Waals surface area contributed by atoms with E-state index in [2.05, 4.69) is 10.2 Å². The van der Waals surface area contributed by atoms with Gasteiger partial charge in [0.05, 0.1) is 15.5 Å². The molecule has 3 rings (SSSR count). The van der Waals surface area contributed by atoms with Crippen LogP contribution < -0.4 is 9.62 Å². The Balaban J connectivity index is 1.69. The number of nitro groups is 1. The lowest BCUT2D eigenvalue weighted by atomic mass is 10.1. The minimum Gasteiger partial charge on any atom is -0.354 e. The number of non-ortho nitro benzene ring substituents is 1. The van der Waals surface area contributed by atoms with Crippen LogP contribution in [-0.4, -0.2) is 56.9 Å². The fourth-order valence-corrected chi connectivity index (χ4v) is 5.12. The van der Waals surface area contributed by atoms with Crippen LogP contribution in [0, 0.1) is 10.1 Å². The molecule has 0 spiro atoms. The first kappa shape index (κ1) is 23.7. The van der Waals surface area contributed by atoms with Crippen molar-refractivity contribution in [3.05, 3.63) is 64.7 Å². The van der Waals surface area contributed by atoms with Gasteiger partial charge in [-0.25, -0.2) is 8.42 Å². The lowest BCUT2D eigenvalue weighted by molar-refractivity contribution is -0.384. The lowest BCUT2D eigenvalue weighted by Gasteiger charge is -2.26. The fraction of sp³-hybridized carbons (Fsp3) is 0.409. The van der Waals surface area contributed by atoms with Crippen molar-refractivity contribution in [2.24, 2.45) is 0 Å². The van der Waals surface area contributed by atoms with Crippen molar-refractivity contribution in [2.45, 2.75) is 30.6 Å². The van der Waals surface area contributed by atoms with Gasteiger partial charge in [0.15, 0.2) is 0 Å². The fourth-order valence-electron chi connectivity index (χ4n) is 3.68. The van der Waals surface area contributed by atoms with Crippen molar-refractivity contribution < 1.29 is 18.1 Å². The molecule has 1 N–H and O–H groups in total. The van der Waals surface area contributed by atoms with Crippen molar-refractivity contribution in [1.82, 2.24) is 10.2 Å². The van der Waals surface area contributed by atoms with E-state index < -0.39 is 27.4 Å². The SMILES string of the molecule is O=C(CN(c1ccc([N+](=O)[O-])cc1)S(=O)(=O)c1ccccc1)NCCCN1CCCCC1. The molecule has 1 fully saturated rings. The summed E-state index contributed by atoms with van der Waals surface area (Å²) >= 11 is 0. The molecule has 0 aliphatic carbocycles. The van der Waals surface area contributed by atoms with Crippen LogP contribution in [0.15, 0.2) is 59.5 Å². The third-order valence-electron chi connectivity index (χ3n) is 5.39. The highest BCUT2D eigenvalue weighted by atomic mass is 32.2. The average Bonchev–Trinajstić information content (AvgIpc) is 2.81. The van der Waals surface area contributed by atoms with Gasteiger partial charge >= 0.3 is 0 Å². The molecule has 9 nitrogen and oxygen atoms in total. The van der Waals surface area contributed by atoms with Crippen LogP contribution in [-0.2, 0) is 14.8 Å². The molecule has 1 aliphatic heterocycles. The number of anilines is 1. The predicted molar refractivity (Wildman–Crippen MR) is 122 cm³/mol. The number of hydrogen-bond donors (Lipinski definition) is 1. The Kier molecular flexibility index (Phi) is 8.18. The van der Waals surface area contributed by atoms with Gasteiger partial charge in [-0.15, -0.1) is 0 Å². The predicted octanol–water partition coefficient (Wildman–Crippen LogP) is 2.78. The smallest absolute Gasteiger partial charge is 0.269 e. The zero-order valence-corrected chi connectivity index (χ0v) is 18.7. The molecule has 0 radical (unpaired) electrons. The van der Waals surface area contributed by atoms with E-state index in [-0.39, 0.29) is 16.3 Å². The van der Waals surface area contributed by atoms with Gasteiger partial charge in [-0.2, -0.15) is 0 Å². The number of likely N-dealkylation sites (tertiary alicyclic amines) is 1. The number of nitrogens with zero attached hydrogens (tertiary/aromatic N) is 3. The Morgan fingerprint density at radius 1 is 1.03 bits per heavy atom. The molecule has 0 saturated carbocycles. The van der Waals surface area contributed by atoms with Gasteiger partial charge in [-0.3, -0.25) is 19.2 Å². The second kappa shape index (κ2) is 11.1. The second-order valence-electron chi connectivity index (χ2n) is 7.70. The van der Waals surface area contributed by atoms with Crippen LogP contribution in [0.1, 0.15) is 25.7 Å². The summed E-state index contributed by atoms with van der Waals surface area (Å²) in [6, 6.07) is 12.9. The quantitative estimate of drug-likeness (QED) is 0.331. The standard InChI is InChI=1S/C22H28N4O5S/c27-22(23-14-7-17-24-15-5-2-6-16-24)18-25(19-10-12-20(13-11-19)26(28)29)32(30,31)21-8-3-1-4-9-21/h1,3-4,8-13H,2,5-7,14-18H2,(H,23,27). The maximum Gasteiger partial charge on any atom is 0.269 e. The number of carbonyl (C=O) groups excluding carboxylic acids is 1. The number of nitro benzene ring substituents is 1. The maximum atomic E-state index is 13.2. The molecule has 1 aliphatic rings. The number of amides is 1. The van der Waals surface area contributed by atoms with E-state index in [0.29, 0.717) is 6.54 Å². The highest BCUT2D eigenvalue weighted by Gasteiger charge is 2.27. The summed E-state index contributed by atoms with van der Waals surface area (Å²) in [5.74, 6) is -0.429. The molecule has 0 bridgehead atoms. The number of sulfonamides is 1. The van der Waals surface area contributed by atoms with Gasteiger partial charge < -0.3 is 10.2 Å². The van der Waals surface area contributed by atoms with E-state index in [1.54, 1.807) is 18.2 Å². The van der Waals surface area contributed by atoms with E-state index >= 15 is 0 Å². The number of nitrogens with one attached hydrogen (secondary N) is 1. The summed E-state index contributed by atoms with van der Waals surface area (Å²) < 4.78 is 27.4. The number of rotatable bonds is 10. The van der Waals surface area contributed by atoms with Gasteiger partial charge in [0.2, 0.25) is 5.91 Å². The van der Waals surface area contributed by atoms with Crippen LogP contribution in [0.2, 0.25) is 0 Å². The first-order chi connectivity index (χ1) is 15.4. The van der Waals surface area contributed by atoms with E-state index in [9.17, 15) is 23.3 Å². The molecule has 32 heavy (non-hydrogen) atoms. The van der Waals surface area contributed by atoms with Gasteiger partial charge in [0, 0.05) is 18.7 Å². The van der Waals surface area contributed by atoms with Crippen LogP contribution in [0.4, 0.5) is 11.4 Å². The molecule has 1 saturated heterocycles. The van der Waals surface area contributed by atoms with Crippen LogP contribution >= 0.6 is 0 Å². The Hall–Kier alpha value is -2.98. The summed E-state index contributed by atoms with van der Waals surface area (Å²) in [6.45, 7) is 3.09. The van der Waals surface area contributed by atoms with Crippen molar-refractivity contribution in [1.29, 1.82) is 0 Å². The van der Waals surface area contributed by atoms with Crippen LogP contribution in [0.3, 0.4) is 0 Å². The van der Waals surface area contributed by atoms with E-state index in [4.69, 9.17) is 0 Å². The monoisotopic (exact) mass is 460 g/mol. The summed E-state index contributed by atoms with van der Waals surface area (Å²) in [5, 5.41) is 13.7. The first-order valence-corrected chi connectivity index (χ1v) is 12.1. The largest absolute Gasteiger partial charge is 0.354 e. The second-order valence-corrected chi connectivity index (χ2v) is 9.57. The molecular formula is C22H28N4O5S. The Labute approximate surface area is 188 Å². The molecular weight excluding hydrogens is 432 g/mol. The third-order valence-corrected chi connectivity index (χ3v) is 7.18. The molecule has 1 heterocycles. The zero-order valence-electron chi connectivity index (χ0n) is 17.9. The van der Waals surface area contributed by atoms with Crippen molar-refractivity contribution in [2.75, 3.05) is 37.0 Å². The molecule has 0 atom stereocenters. The summed E-state index contributed by atoms with van der Waals surface area (Å²) in [5.41, 5.74) is 0.0240. The molecule has 172 valence electrons. The molecule has 2 aromatic rings. The number of hydrogen-bond acceptors (Lipinski definition) is 6. The minimum absolute atomic E-state index is 0.0382. The molecule has 0 aromatic heterocycles. The normalized spacial score (nSPS) is 14.6. The highest BCUT2D eigenvalue weighted by Crippen LogP contribution is 2.25. The minimum atomic E-state index is -4.04. The van der Waals surface area contributed by atoms with E-state index in [1.165, 1.54) is 55.7 Å². The van der Waals surface area contributed by atoms with Crippen molar-refractivity contribution in [3.63, 3.8) is 0 Å². The highest BCUT2D eigenvalue weighted by molar-refractivity contribution is 7.92. The summed E-state index contributed by atoms with van der Waals surface area (Å²) in [7, 11) is -4.04. The molecule has 1 amide bonds. The molecule has 10 heteroatoms. The lowest BCUT2D eigenvalue weighted by Crippen LogP contribution is -2.41. The maximum absolute atomic E-state index is 13.2. The summed E-state index contributed by atoms with van der Waals surface area (Å²) in [6.07, 6.45) is 4.46. The number of benzene rings is 2. The Morgan fingerprint density at radius 3 is 2.31 bits per heavy atom. The van der Waals surface area contributed by atoms with Gasteiger partial charge in [-0.05, 0) is 63.2 Å². The average molecular weight is 461 g/mol. The Bertz CT molecular complexity index is 1010. The molecule has 2 aromatic carbocycles. The molecule has 0 unspecified atom stereocenters. The number of carbonyl (C=O) groups is 1. The topological polar surface area (TPSA) is 113 Å². The summed E-state index contributed by atoms with van der Waals surface area (Å²) in [4.78, 5) is 25.4.